The lowest BCUT2D eigenvalue weighted by Gasteiger charge is -2.43. The molecule has 2 atom stereocenters. The second-order valence-electron chi connectivity index (χ2n) is 11.0. The molecule has 0 N–H and O–H groups in total. The van der Waals surface area contributed by atoms with E-state index >= 15 is 0 Å². The van der Waals surface area contributed by atoms with Crippen molar-refractivity contribution >= 4 is 17.8 Å². The van der Waals surface area contributed by atoms with Gasteiger partial charge in [-0.2, -0.15) is 5.26 Å². The molecule has 2 aromatic heterocycles. The molecule has 2 saturated heterocycles. The van der Waals surface area contributed by atoms with Gasteiger partial charge < -0.3 is 14.5 Å². The fourth-order valence-corrected chi connectivity index (χ4v) is 5.96. The van der Waals surface area contributed by atoms with E-state index in [0.29, 0.717) is 36.9 Å². The average molecular weight is 498 g/mol. The average Bonchev–Trinajstić information content (AvgIpc) is 3.89. The zero-order valence-electron chi connectivity index (χ0n) is 21.4. The van der Waals surface area contributed by atoms with E-state index in [-0.39, 0.29) is 18.1 Å². The number of nitriles is 1. The molecule has 7 nitrogen and oxygen atoms in total. The van der Waals surface area contributed by atoms with Crippen LogP contribution in [0.2, 0.25) is 0 Å². The van der Waals surface area contributed by atoms with Gasteiger partial charge in [0, 0.05) is 50.3 Å². The summed E-state index contributed by atoms with van der Waals surface area (Å²) in [6, 6.07) is 8.64. The van der Waals surface area contributed by atoms with Crippen LogP contribution in [0.25, 0.3) is 17.2 Å². The van der Waals surface area contributed by atoms with Gasteiger partial charge in [-0.05, 0) is 80.7 Å². The quantitative estimate of drug-likeness (QED) is 0.515. The second-order valence-corrected chi connectivity index (χ2v) is 11.0. The molecule has 4 heterocycles. The minimum atomic E-state index is 0.193. The number of hydrogen-bond donors (Lipinski definition) is 0. The molecule has 2 aliphatic carbocycles. The van der Waals surface area contributed by atoms with Crippen molar-refractivity contribution in [1.82, 2.24) is 14.9 Å². The van der Waals surface area contributed by atoms with E-state index in [9.17, 15) is 10.1 Å². The molecule has 0 spiro atoms. The Morgan fingerprint density at radius 2 is 2.08 bits per heavy atom. The van der Waals surface area contributed by atoms with E-state index in [1.54, 1.807) is 12.3 Å². The van der Waals surface area contributed by atoms with Gasteiger partial charge in [0.05, 0.1) is 29.1 Å². The molecular weight excluding hydrogens is 462 g/mol. The van der Waals surface area contributed by atoms with Crippen LogP contribution in [-0.2, 0) is 9.53 Å². The van der Waals surface area contributed by atoms with E-state index in [4.69, 9.17) is 9.72 Å². The molecule has 0 bridgehead atoms. The molecule has 192 valence electrons. The first-order valence-electron chi connectivity index (χ1n) is 13.8. The number of piperazine rings is 1. The molecule has 0 radical (unpaired) electrons. The molecule has 2 aliphatic heterocycles. The predicted molar refractivity (Wildman–Crippen MR) is 143 cm³/mol. The van der Waals surface area contributed by atoms with Gasteiger partial charge >= 0.3 is 0 Å². The zero-order valence-corrected chi connectivity index (χ0v) is 21.4. The Kier molecular flexibility index (Phi) is 6.69. The van der Waals surface area contributed by atoms with Crippen LogP contribution in [0, 0.1) is 17.2 Å². The summed E-state index contributed by atoms with van der Waals surface area (Å²) in [6.45, 7) is 6.82. The van der Waals surface area contributed by atoms with Crippen LogP contribution < -0.4 is 4.90 Å². The summed E-state index contributed by atoms with van der Waals surface area (Å²) in [5.41, 5.74) is 4.54. The van der Waals surface area contributed by atoms with E-state index in [0.717, 1.165) is 73.6 Å². The Morgan fingerprint density at radius 1 is 1.22 bits per heavy atom. The maximum atomic E-state index is 13.2. The first-order valence-corrected chi connectivity index (χ1v) is 13.8. The highest BCUT2D eigenvalue weighted by Gasteiger charge is 2.42. The normalized spacial score (nSPS) is 23.6. The number of carbonyl (C=O) groups excluding carboxylic acids is 1. The molecule has 0 aromatic carbocycles. The van der Waals surface area contributed by atoms with Crippen molar-refractivity contribution in [3.05, 3.63) is 47.9 Å². The summed E-state index contributed by atoms with van der Waals surface area (Å²) < 4.78 is 5.74. The minimum Gasteiger partial charge on any atom is -0.378 e. The number of nitrogens with zero attached hydrogens (tertiary/aromatic N) is 5. The van der Waals surface area contributed by atoms with Crippen LogP contribution in [0.15, 0.2) is 31.0 Å². The highest BCUT2D eigenvalue weighted by Crippen LogP contribution is 2.45. The smallest absolute Gasteiger partial charge is 0.223 e. The number of amides is 1. The Morgan fingerprint density at radius 3 is 2.78 bits per heavy atom. The van der Waals surface area contributed by atoms with Crippen molar-refractivity contribution < 1.29 is 9.53 Å². The van der Waals surface area contributed by atoms with Crippen LogP contribution in [0.4, 0.5) is 5.82 Å². The summed E-state index contributed by atoms with van der Waals surface area (Å²) in [5, 5.41) is 10.1. The number of pyridine rings is 2. The SMILES string of the molecule is C=Cc1cc(-c2cc(C#N)c(N3CCN(C(=O)CCC4CCCO4)[C@H](C4CC4)C3)nc2C2CC2)ccn1. The van der Waals surface area contributed by atoms with Gasteiger partial charge in [0.25, 0.3) is 0 Å². The van der Waals surface area contributed by atoms with Crippen molar-refractivity contribution in [2.75, 3.05) is 31.1 Å². The third kappa shape index (κ3) is 5.13. The van der Waals surface area contributed by atoms with Crippen molar-refractivity contribution in [2.45, 2.75) is 69.4 Å². The Labute approximate surface area is 219 Å². The van der Waals surface area contributed by atoms with Gasteiger partial charge in [0.15, 0.2) is 0 Å². The fraction of sp³-hybridized carbons (Fsp3) is 0.533. The summed E-state index contributed by atoms with van der Waals surface area (Å²) in [5.74, 6) is 2.02. The number of carbonyl (C=O) groups is 1. The molecule has 37 heavy (non-hydrogen) atoms. The Bertz CT molecular complexity index is 1220. The van der Waals surface area contributed by atoms with E-state index < -0.39 is 0 Å². The number of aromatic nitrogens is 2. The highest BCUT2D eigenvalue weighted by atomic mass is 16.5. The first kappa shape index (κ1) is 24.1. The Hall–Kier alpha value is -3.24. The van der Waals surface area contributed by atoms with Crippen LogP contribution in [0.1, 0.15) is 74.2 Å². The molecule has 1 amide bonds. The Balaban J connectivity index is 1.25. The van der Waals surface area contributed by atoms with Crippen LogP contribution >= 0.6 is 0 Å². The highest BCUT2D eigenvalue weighted by molar-refractivity contribution is 5.77. The maximum absolute atomic E-state index is 13.2. The van der Waals surface area contributed by atoms with Crippen LogP contribution in [0.3, 0.4) is 0 Å². The standard InChI is InChI=1S/C30H35N5O2/c1-2-24-16-22(11-12-32-24)26-17-23(18-31)30(33-29(26)21-7-8-21)34-13-14-35(27(19-34)20-5-6-20)28(36)10-9-25-4-3-15-37-25/h2,11-12,16-17,20-21,25,27H,1,3-10,13-15,19H2/t25?,27-/m0/s1. The molecule has 2 saturated carbocycles. The van der Waals surface area contributed by atoms with E-state index in [2.05, 4.69) is 27.4 Å². The van der Waals surface area contributed by atoms with Gasteiger partial charge in [-0.15, -0.1) is 0 Å². The van der Waals surface area contributed by atoms with Gasteiger partial charge in [-0.3, -0.25) is 9.78 Å². The second kappa shape index (κ2) is 10.3. The van der Waals surface area contributed by atoms with Crippen LogP contribution in [0.5, 0.6) is 0 Å². The van der Waals surface area contributed by atoms with Crippen LogP contribution in [-0.4, -0.2) is 59.2 Å². The summed E-state index contributed by atoms with van der Waals surface area (Å²) in [7, 11) is 0. The number of anilines is 1. The molecule has 6 rings (SSSR count). The van der Waals surface area contributed by atoms with Gasteiger partial charge in [0.1, 0.15) is 11.9 Å². The summed E-state index contributed by atoms with van der Waals surface area (Å²) in [6.07, 6.45) is 11.9. The molecule has 4 aliphatic rings. The lowest BCUT2D eigenvalue weighted by molar-refractivity contribution is -0.135. The molecular formula is C30H35N5O2. The summed E-state index contributed by atoms with van der Waals surface area (Å²) in [4.78, 5) is 27.1. The monoisotopic (exact) mass is 497 g/mol. The van der Waals surface area contributed by atoms with Gasteiger partial charge in [-0.1, -0.05) is 6.58 Å². The third-order valence-electron chi connectivity index (χ3n) is 8.33. The molecule has 7 heteroatoms. The predicted octanol–water partition coefficient (Wildman–Crippen LogP) is 4.92. The first-order chi connectivity index (χ1) is 18.1. The minimum absolute atomic E-state index is 0.193. The van der Waals surface area contributed by atoms with Crippen molar-refractivity contribution in [1.29, 1.82) is 5.26 Å². The number of ether oxygens (including phenoxy) is 1. The zero-order chi connectivity index (χ0) is 25.4. The molecule has 4 fully saturated rings. The van der Waals surface area contributed by atoms with Crippen molar-refractivity contribution in [3.8, 4) is 17.2 Å². The summed E-state index contributed by atoms with van der Waals surface area (Å²) >= 11 is 0. The number of rotatable bonds is 8. The topological polar surface area (TPSA) is 82.4 Å². The van der Waals surface area contributed by atoms with Crippen molar-refractivity contribution in [3.63, 3.8) is 0 Å². The maximum Gasteiger partial charge on any atom is 0.223 e. The lowest BCUT2D eigenvalue weighted by atomic mass is 9.98. The van der Waals surface area contributed by atoms with Gasteiger partial charge in [-0.25, -0.2) is 4.98 Å². The largest absolute Gasteiger partial charge is 0.378 e. The van der Waals surface area contributed by atoms with Crippen molar-refractivity contribution in [2.24, 2.45) is 5.92 Å². The lowest BCUT2D eigenvalue weighted by Crippen LogP contribution is -2.56. The third-order valence-corrected chi connectivity index (χ3v) is 8.33. The molecule has 1 unspecified atom stereocenters. The fourth-order valence-electron chi connectivity index (χ4n) is 5.96. The van der Waals surface area contributed by atoms with E-state index in [1.807, 2.05) is 18.2 Å². The van der Waals surface area contributed by atoms with Gasteiger partial charge in [0.2, 0.25) is 5.91 Å². The van der Waals surface area contributed by atoms with E-state index in [1.165, 1.54) is 12.8 Å². The number of hydrogen-bond acceptors (Lipinski definition) is 6. The molecule has 2 aromatic rings.